The van der Waals surface area contributed by atoms with E-state index in [0.717, 1.165) is 11.1 Å². The number of ether oxygens (including phenoxy) is 1. The summed E-state index contributed by atoms with van der Waals surface area (Å²) in [5, 5.41) is 10.4. The lowest BCUT2D eigenvalue weighted by molar-refractivity contribution is 0.0144. The lowest BCUT2D eigenvalue weighted by Crippen LogP contribution is -2.43. The highest BCUT2D eigenvalue weighted by molar-refractivity contribution is 6.74. The van der Waals surface area contributed by atoms with E-state index in [0.29, 0.717) is 24.2 Å². The first-order valence-electron chi connectivity index (χ1n) is 10.9. The summed E-state index contributed by atoms with van der Waals surface area (Å²) in [6.07, 6.45) is -0.752. The van der Waals surface area contributed by atoms with Gasteiger partial charge in [0.25, 0.3) is 0 Å². The van der Waals surface area contributed by atoms with Gasteiger partial charge in [0.15, 0.2) is 8.32 Å². The zero-order chi connectivity index (χ0) is 22.8. The molecule has 1 saturated carbocycles. The first-order valence-corrected chi connectivity index (χ1v) is 13.8. The molecule has 31 heavy (non-hydrogen) atoms. The Labute approximate surface area is 187 Å². The molecule has 0 aliphatic heterocycles. The molecule has 2 aromatic carbocycles. The van der Waals surface area contributed by atoms with Crippen LogP contribution in [0.1, 0.15) is 37.6 Å². The van der Waals surface area contributed by atoms with Crippen molar-refractivity contribution in [3.8, 4) is 11.1 Å². The van der Waals surface area contributed by atoms with Crippen molar-refractivity contribution in [2.45, 2.75) is 57.5 Å². The van der Waals surface area contributed by atoms with Gasteiger partial charge in [0.1, 0.15) is 6.10 Å². The Bertz CT molecular complexity index is 913. The molecule has 2 aromatic rings. The monoisotopic (exact) mass is 438 g/mol. The molecule has 0 aromatic heterocycles. The van der Waals surface area contributed by atoms with Gasteiger partial charge in [0, 0.05) is 18.9 Å². The van der Waals surface area contributed by atoms with Gasteiger partial charge in [0.05, 0.1) is 11.7 Å². The number of aliphatic hydroxyl groups is 1. The predicted octanol–water partition coefficient (Wildman–Crippen LogP) is 5.84. The number of hydrogen-bond acceptors (Lipinski definition) is 4. The molecular formula is C26H34O4Si. The highest BCUT2D eigenvalue weighted by atomic mass is 28.4. The van der Waals surface area contributed by atoms with Crippen LogP contribution in [0.25, 0.3) is 11.1 Å². The number of carbonyl (C=O) groups excluding carboxylic acids is 1. The Hall–Kier alpha value is -2.21. The van der Waals surface area contributed by atoms with Crippen LogP contribution in [0, 0.1) is 5.92 Å². The van der Waals surface area contributed by atoms with E-state index in [1.807, 2.05) is 42.5 Å². The van der Waals surface area contributed by atoms with Crippen LogP contribution in [0.15, 0.2) is 66.7 Å². The van der Waals surface area contributed by atoms with Crippen molar-refractivity contribution in [2.75, 3.05) is 6.61 Å². The van der Waals surface area contributed by atoms with Crippen LogP contribution in [-0.4, -0.2) is 38.2 Å². The second-order valence-corrected chi connectivity index (χ2v) is 14.7. The third kappa shape index (κ3) is 5.35. The van der Waals surface area contributed by atoms with E-state index >= 15 is 0 Å². The first-order chi connectivity index (χ1) is 14.5. The summed E-state index contributed by atoms with van der Waals surface area (Å²) in [7, 11) is -1.96. The fraction of sp³-hybridized carbons (Fsp3) is 0.423. The normalized spacial score (nSPS) is 21.9. The molecule has 3 rings (SSSR count). The molecule has 0 radical (unpaired) electrons. The number of esters is 1. The summed E-state index contributed by atoms with van der Waals surface area (Å²) in [6.45, 7) is 15.4. The molecule has 1 aliphatic carbocycles. The SMILES string of the molecule is C=C1[C@H](O)CC(OC(=O)c2ccc(-c3ccccc3)cc2)[C@H]1CO[Si](C)(C)C(C)(C)C. The van der Waals surface area contributed by atoms with Crippen LogP contribution in [0.5, 0.6) is 0 Å². The smallest absolute Gasteiger partial charge is 0.338 e. The molecule has 0 bridgehead atoms. The van der Waals surface area contributed by atoms with Crippen molar-refractivity contribution in [3.05, 3.63) is 72.3 Å². The maximum Gasteiger partial charge on any atom is 0.338 e. The summed E-state index contributed by atoms with van der Waals surface area (Å²) in [4.78, 5) is 12.8. The van der Waals surface area contributed by atoms with Crippen LogP contribution in [-0.2, 0) is 9.16 Å². The van der Waals surface area contributed by atoms with Gasteiger partial charge in [-0.1, -0.05) is 69.8 Å². The molecule has 5 heteroatoms. The number of benzene rings is 2. The minimum Gasteiger partial charge on any atom is -0.458 e. The lowest BCUT2D eigenvalue weighted by Gasteiger charge is -2.37. The lowest BCUT2D eigenvalue weighted by atomic mass is 10.0. The predicted molar refractivity (Wildman–Crippen MR) is 127 cm³/mol. The first kappa shape index (κ1) is 23.5. The van der Waals surface area contributed by atoms with Crippen LogP contribution >= 0.6 is 0 Å². The molecule has 166 valence electrons. The molecule has 0 saturated heterocycles. The number of carbonyl (C=O) groups is 1. The summed E-state index contributed by atoms with van der Waals surface area (Å²) >= 11 is 0. The summed E-state index contributed by atoms with van der Waals surface area (Å²) in [6, 6.07) is 17.4. The third-order valence-corrected chi connectivity index (χ3v) is 11.2. The van der Waals surface area contributed by atoms with Gasteiger partial charge >= 0.3 is 5.97 Å². The molecule has 0 heterocycles. The average molecular weight is 439 g/mol. The van der Waals surface area contributed by atoms with E-state index in [2.05, 4.69) is 40.4 Å². The standard InChI is InChI=1S/C26H34O4Si/c1-18-22(17-29-31(5,6)26(2,3)4)24(16-23(18)27)30-25(28)21-14-12-20(13-15-21)19-10-8-7-9-11-19/h7-15,22-24,27H,1,16-17H2,2-6H3/t22-,23+,24?/m0/s1. The fourth-order valence-electron chi connectivity index (χ4n) is 3.52. The highest BCUT2D eigenvalue weighted by Crippen LogP contribution is 2.39. The van der Waals surface area contributed by atoms with Gasteiger partial charge in [-0.3, -0.25) is 0 Å². The van der Waals surface area contributed by atoms with Crippen molar-refractivity contribution < 1.29 is 19.1 Å². The summed E-state index contributed by atoms with van der Waals surface area (Å²) in [5.41, 5.74) is 3.33. The van der Waals surface area contributed by atoms with E-state index in [1.165, 1.54) is 0 Å². The van der Waals surface area contributed by atoms with Gasteiger partial charge < -0.3 is 14.3 Å². The minimum atomic E-state index is -1.96. The van der Waals surface area contributed by atoms with E-state index in [-0.39, 0.29) is 16.9 Å². The van der Waals surface area contributed by atoms with Crippen LogP contribution in [0.4, 0.5) is 0 Å². The summed E-state index contributed by atoms with van der Waals surface area (Å²) < 4.78 is 12.2. The number of aliphatic hydroxyl groups excluding tert-OH is 1. The minimum absolute atomic E-state index is 0.0816. The molecule has 1 unspecified atom stereocenters. The Morgan fingerprint density at radius 3 is 2.23 bits per heavy atom. The van der Waals surface area contributed by atoms with Crippen molar-refractivity contribution in [1.29, 1.82) is 0 Å². The average Bonchev–Trinajstić information content (AvgIpc) is 2.99. The van der Waals surface area contributed by atoms with Crippen molar-refractivity contribution in [1.82, 2.24) is 0 Å². The van der Waals surface area contributed by atoms with Gasteiger partial charge in [-0.25, -0.2) is 4.79 Å². The number of hydrogen-bond donors (Lipinski definition) is 1. The molecule has 1 N–H and O–H groups in total. The topological polar surface area (TPSA) is 55.8 Å². The molecule has 1 fully saturated rings. The Morgan fingerprint density at radius 2 is 1.65 bits per heavy atom. The van der Waals surface area contributed by atoms with Crippen molar-refractivity contribution >= 4 is 14.3 Å². The van der Waals surface area contributed by atoms with Gasteiger partial charge in [-0.15, -0.1) is 0 Å². The molecule has 0 amide bonds. The summed E-state index contributed by atoms with van der Waals surface area (Å²) in [5.74, 6) is -0.583. The maximum atomic E-state index is 12.8. The molecular weight excluding hydrogens is 404 g/mol. The van der Waals surface area contributed by atoms with Crippen molar-refractivity contribution in [3.63, 3.8) is 0 Å². The second kappa shape index (κ2) is 9.11. The molecule has 1 aliphatic rings. The molecule has 3 atom stereocenters. The van der Waals surface area contributed by atoms with Crippen LogP contribution < -0.4 is 0 Å². The Balaban J connectivity index is 1.68. The zero-order valence-corrected chi connectivity index (χ0v) is 20.2. The molecule has 0 spiro atoms. The maximum absolute atomic E-state index is 12.8. The second-order valence-electron chi connectivity index (χ2n) is 9.89. The van der Waals surface area contributed by atoms with Gasteiger partial charge in [0.2, 0.25) is 0 Å². The van der Waals surface area contributed by atoms with Crippen LogP contribution in [0.2, 0.25) is 18.1 Å². The van der Waals surface area contributed by atoms with Crippen LogP contribution in [0.3, 0.4) is 0 Å². The largest absolute Gasteiger partial charge is 0.458 e. The van der Waals surface area contributed by atoms with E-state index < -0.39 is 20.5 Å². The fourth-order valence-corrected chi connectivity index (χ4v) is 4.54. The van der Waals surface area contributed by atoms with Gasteiger partial charge in [-0.05, 0) is 47.0 Å². The number of rotatable bonds is 6. The third-order valence-electron chi connectivity index (χ3n) is 6.72. The van der Waals surface area contributed by atoms with Crippen molar-refractivity contribution in [2.24, 2.45) is 5.92 Å². The van der Waals surface area contributed by atoms with Gasteiger partial charge in [-0.2, -0.15) is 0 Å². The van der Waals surface area contributed by atoms with E-state index in [9.17, 15) is 9.90 Å². The zero-order valence-electron chi connectivity index (χ0n) is 19.2. The Kier molecular flexibility index (Phi) is 6.89. The van der Waals surface area contributed by atoms with E-state index in [4.69, 9.17) is 9.16 Å². The van der Waals surface area contributed by atoms with E-state index in [1.54, 1.807) is 12.1 Å². The highest BCUT2D eigenvalue weighted by Gasteiger charge is 2.43. The Morgan fingerprint density at radius 1 is 1.06 bits per heavy atom. The quantitative estimate of drug-likeness (QED) is 0.350. The molecule has 4 nitrogen and oxygen atoms in total.